The summed E-state index contributed by atoms with van der Waals surface area (Å²) in [7, 11) is 0. The first-order valence-corrected chi connectivity index (χ1v) is 8.24. The molecule has 0 aliphatic heterocycles. The SMILES string of the molecule is CC[C@@H](Oc1cccc(C)c1)C(=O)NCCCc1ccccc1. The Morgan fingerprint density at radius 2 is 1.91 bits per heavy atom. The predicted molar refractivity (Wildman–Crippen MR) is 93.7 cm³/mol. The summed E-state index contributed by atoms with van der Waals surface area (Å²) < 4.78 is 5.81. The second-order valence-electron chi connectivity index (χ2n) is 5.71. The molecule has 3 nitrogen and oxygen atoms in total. The molecule has 0 aliphatic rings. The number of aryl methyl sites for hydroxylation is 2. The normalized spacial score (nSPS) is 11.7. The molecule has 0 aromatic heterocycles. The minimum absolute atomic E-state index is 0.0398. The van der Waals surface area contributed by atoms with Crippen LogP contribution in [-0.4, -0.2) is 18.6 Å². The third-order valence-corrected chi connectivity index (χ3v) is 3.72. The highest BCUT2D eigenvalue weighted by molar-refractivity contribution is 5.81. The first kappa shape index (κ1) is 17.1. The van der Waals surface area contributed by atoms with Gasteiger partial charge in [0.1, 0.15) is 5.75 Å². The lowest BCUT2D eigenvalue weighted by Crippen LogP contribution is -2.38. The van der Waals surface area contributed by atoms with E-state index < -0.39 is 6.10 Å². The van der Waals surface area contributed by atoms with E-state index in [4.69, 9.17) is 4.74 Å². The molecule has 23 heavy (non-hydrogen) atoms. The maximum atomic E-state index is 12.2. The second-order valence-corrected chi connectivity index (χ2v) is 5.71. The van der Waals surface area contributed by atoms with E-state index in [2.05, 4.69) is 17.4 Å². The molecule has 3 heteroatoms. The van der Waals surface area contributed by atoms with Crippen LogP contribution in [0.15, 0.2) is 54.6 Å². The maximum Gasteiger partial charge on any atom is 0.261 e. The molecule has 122 valence electrons. The van der Waals surface area contributed by atoms with E-state index in [0.717, 1.165) is 24.2 Å². The smallest absolute Gasteiger partial charge is 0.261 e. The topological polar surface area (TPSA) is 38.3 Å². The number of benzene rings is 2. The number of ether oxygens (including phenoxy) is 1. The van der Waals surface area contributed by atoms with Crippen molar-refractivity contribution in [2.75, 3.05) is 6.54 Å². The van der Waals surface area contributed by atoms with Gasteiger partial charge in [-0.1, -0.05) is 49.4 Å². The van der Waals surface area contributed by atoms with Gasteiger partial charge in [-0.2, -0.15) is 0 Å². The average Bonchev–Trinajstić information content (AvgIpc) is 2.57. The lowest BCUT2D eigenvalue weighted by atomic mass is 10.1. The molecular weight excluding hydrogens is 286 g/mol. The van der Waals surface area contributed by atoms with Crippen molar-refractivity contribution < 1.29 is 9.53 Å². The van der Waals surface area contributed by atoms with Crippen molar-refractivity contribution in [3.63, 3.8) is 0 Å². The minimum atomic E-state index is -0.437. The number of hydrogen-bond acceptors (Lipinski definition) is 2. The van der Waals surface area contributed by atoms with E-state index in [1.54, 1.807) is 0 Å². The Morgan fingerprint density at radius 3 is 2.61 bits per heavy atom. The summed E-state index contributed by atoms with van der Waals surface area (Å²) in [6, 6.07) is 18.1. The maximum absolute atomic E-state index is 12.2. The molecule has 2 rings (SSSR count). The molecule has 0 heterocycles. The molecule has 1 N–H and O–H groups in total. The van der Waals surface area contributed by atoms with E-state index in [-0.39, 0.29) is 5.91 Å². The van der Waals surface area contributed by atoms with E-state index in [1.165, 1.54) is 5.56 Å². The van der Waals surface area contributed by atoms with Crippen LogP contribution in [0.1, 0.15) is 30.9 Å². The van der Waals surface area contributed by atoms with Crippen LogP contribution in [0.5, 0.6) is 5.75 Å². The van der Waals surface area contributed by atoms with Gasteiger partial charge in [-0.05, 0) is 49.4 Å². The van der Waals surface area contributed by atoms with Gasteiger partial charge in [-0.3, -0.25) is 4.79 Å². The molecule has 0 radical (unpaired) electrons. The van der Waals surface area contributed by atoms with Crippen LogP contribution in [0.25, 0.3) is 0 Å². The minimum Gasteiger partial charge on any atom is -0.481 e. The van der Waals surface area contributed by atoms with E-state index >= 15 is 0 Å². The van der Waals surface area contributed by atoms with Crippen LogP contribution in [0.4, 0.5) is 0 Å². The third kappa shape index (κ3) is 5.78. The van der Waals surface area contributed by atoms with E-state index in [0.29, 0.717) is 13.0 Å². The van der Waals surface area contributed by atoms with Crippen LogP contribution in [-0.2, 0) is 11.2 Å². The van der Waals surface area contributed by atoms with Crippen molar-refractivity contribution >= 4 is 5.91 Å². The Bertz CT molecular complexity index is 610. The zero-order valence-electron chi connectivity index (χ0n) is 13.9. The summed E-state index contributed by atoms with van der Waals surface area (Å²) in [4.78, 5) is 12.2. The van der Waals surface area contributed by atoms with Crippen LogP contribution in [0.3, 0.4) is 0 Å². The van der Waals surface area contributed by atoms with Crippen molar-refractivity contribution in [1.29, 1.82) is 0 Å². The van der Waals surface area contributed by atoms with Gasteiger partial charge < -0.3 is 10.1 Å². The Morgan fingerprint density at radius 1 is 1.13 bits per heavy atom. The Balaban J connectivity index is 1.76. The fourth-order valence-corrected chi connectivity index (χ4v) is 2.44. The fourth-order valence-electron chi connectivity index (χ4n) is 2.44. The highest BCUT2D eigenvalue weighted by Crippen LogP contribution is 2.15. The van der Waals surface area contributed by atoms with Gasteiger partial charge in [0.25, 0.3) is 5.91 Å². The number of nitrogens with one attached hydrogen (secondary N) is 1. The van der Waals surface area contributed by atoms with Gasteiger partial charge >= 0.3 is 0 Å². The lowest BCUT2D eigenvalue weighted by Gasteiger charge is -2.17. The summed E-state index contributed by atoms with van der Waals surface area (Å²) in [6.45, 7) is 4.64. The molecule has 0 bridgehead atoms. The Kier molecular flexibility index (Phi) is 6.67. The average molecular weight is 311 g/mol. The molecule has 0 spiro atoms. The zero-order valence-corrected chi connectivity index (χ0v) is 13.9. The third-order valence-electron chi connectivity index (χ3n) is 3.72. The van der Waals surface area contributed by atoms with Gasteiger partial charge in [0.15, 0.2) is 6.10 Å². The molecule has 0 saturated heterocycles. The highest BCUT2D eigenvalue weighted by Gasteiger charge is 2.17. The number of amides is 1. The second kappa shape index (κ2) is 8.99. The molecule has 0 unspecified atom stereocenters. The molecule has 1 atom stereocenters. The van der Waals surface area contributed by atoms with Crippen molar-refractivity contribution in [3.8, 4) is 5.75 Å². The lowest BCUT2D eigenvalue weighted by molar-refractivity contribution is -0.128. The first-order valence-electron chi connectivity index (χ1n) is 8.24. The predicted octanol–water partition coefficient (Wildman–Crippen LogP) is 3.90. The van der Waals surface area contributed by atoms with Gasteiger partial charge in [0, 0.05) is 6.54 Å². The summed E-state index contributed by atoms with van der Waals surface area (Å²) in [5.41, 5.74) is 2.42. The standard InChI is InChI=1S/C20H25NO2/c1-3-19(23-18-13-7-9-16(2)15-18)20(22)21-14-8-12-17-10-5-4-6-11-17/h4-7,9-11,13,15,19H,3,8,12,14H2,1-2H3,(H,21,22)/t19-/m1/s1. The van der Waals surface area contributed by atoms with Gasteiger partial charge in [-0.25, -0.2) is 0 Å². The van der Waals surface area contributed by atoms with Crippen LogP contribution in [0.2, 0.25) is 0 Å². The van der Waals surface area contributed by atoms with Crippen molar-refractivity contribution in [2.45, 2.75) is 39.2 Å². The molecule has 1 amide bonds. The van der Waals surface area contributed by atoms with Gasteiger partial charge in [-0.15, -0.1) is 0 Å². The van der Waals surface area contributed by atoms with Crippen LogP contribution in [0, 0.1) is 6.92 Å². The number of rotatable bonds is 8. The quantitative estimate of drug-likeness (QED) is 0.751. The van der Waals surface area contributed by atoms with Crippen LogP contribution >= 0.6 is 0 Å². The molecule has 0 fully saturated rings. The van der Waals surface area contributed by atoms with Crippen molar-refractivity contribution in [2.24, 2.45) is 0 Å². The molecule has 0 saturated carbocycles. The van der Waals surface area contributed by atoms with Crippen molar-refractivity contribution in [1.82, 2.24) is 5.32 Å². The first-order chi connectivity index (χ1) is 11.2. The Labute approximate surface area is 138 Å². The Hall–Kier alpha value is -2.29. The largest absolute Gasteiger partial charge is 0.481 e. The molecule has 0 aliphatic carbocycles. The summed E-state index contributed by atoms with van der Waals surface area (Å²) in [5.74, 6) is 0.707. The highest BCUT2D eigenvalue weighted by atomic mass is 16.5. The van der Waals surface area contributed by atoms with E-state index in [1.807, 2.05) is 56.3 Å². The van der Waals surface area contributed by atoms with E-state index in [9.17, 15) is 4.79 Å². The molecular formula is C20H25NO2. The fraction of sp³-hybridized carbons (Fsp3) is 0.350. The monoisotopic (exact) mass is 311 g/mol. The zero-order chi connectivity index (χ0) is 16.5. The number of carbonyl (C=O) groups is 1. The number of hydrogen-bond donors (Lipinski definition) is 1. The van der Waals surface area contributed by atoms with Gasteiger partial charge in [0.05, 0.1) is 0 Å². The van der Waals surface area contributed by atoms with Crippen LogP contribution < -0.4 is 10.1 Å². The number of carbonyl (C=O) groups excluding carboxylic acids is 1. The van der Waals surface area contributed by atoms with Crippen molar-refractivity contribution in [3.05, 3.63) is 65.7 Å². The summed E-state index contributed by atoms with van der Waals surface area (Å²) in [5, 5.41) is 2.97. The summed E-state index contributed by atoms with van der Waals surface area (Å²) >= 11 is 0. The summed E-state index contributed by atoms with van der Waals surface area (Å²) in [6.07, 6.45) is 2.11. The molecule has 2 aromatic carbocycles. The van der Waals surface area contributed by atoms with Gasteiger partial charge in [0.2, 0.25) is 0 Å². The molecule has 2 aromatic rings.